The highest BCUT2D eigenvalue weighted by atomic mass is 35.5. The van der Waals surface area contributed by atoms with Gasteiger partial charge in [0.05, 0.1) is 6.61 Å². The van der Waals surface area contributed by atoms with Crippen LogP contribution in [0.25, 0.3) is 0 Å². The van der Waals surface area contributed by atoms with E-state index in [4.69, 9.17) is 28.6 Å². The number of aromatic nitrogens is 1. The van der Waals surface area contributed by atoms with E-state index < -0.39 is 8.07 Å². The normalized spacial score (nSPS) is 13.1. The summed E-state index contributed by atoms with van der Waals surface area (Å²) in [5.41, 5.74) is 1.21. The Labute approximate surface area is 137 Å². The highest BCUT2D eigenvalue weighted by molar-refractivity contribution is 8.23. The third-order valence-electron chi connectivity index (χ3n) is 2.62. The lowest BCUT2D eigenvalue weighted by molar-refractivity contribution is 0.346. The number of ether oxygens (including phenoxy) is 1. The van der Waals surface area contributed by atoms with Crippen molar-refractivity contribution >= 4 is 48.0 Å². The highest BCUT2D eigenvalue weighted by Crippen LogP contribution is 2.27. The van der Waals surface area contributed by atoms with Crippen molar-refractivity contribution in [3.8, 4) is 0 Å². The second-order valence-corrected chi connectivity index (χ2v) is 13.7. The van der Waals surface area contributed by atoms with Gasteiger partial charge in [-0.1, -0.05) is 43.0 Å². The van der Waals surface area contributed by atoms with Gasteiger partial charge in [0.25, 0.3) is 0 Å². The number of rotatable bonds is 6. The highest BCUT2D eigenvalue weighted by Gasteiger charge is 2.23. The molecule has 1 heterocycles. The lowest BCUT2D eigenvalue weighted by Gasteiger charge is -2.24. The van der Waals surface area contributed by atoms with Crippen molar-refractivity contribution in [2.45, 2.75) is 44.3 Å². The molecule has 1 rings (SSSR count). The van der Waals surface area contributed by atoms with Crippen LogP contribution in [-0.4, -0.2) is 29.3 Å². The fourth-order valence-electron chi connectivity index (χ4n) is 1.96. The first-order valence-electron chi connectivity index (χ1n) is 6.74. The smallest absolute Gasteiger partial charge is 0.220 e. The second kappa shape index (κ2) is 8.37. The zero-order chi connectivity index (χ0) is 15.2. The minimum atomic E-state index is -1.16. The molecule has 1 aromatic rings. The Morgan fingerprint density at radius 1 is 1.50 bits per heavy atom. The van der Waals surface area contributed by atoms with E-state index in [9.17, 15) is 0 Å². The Hall–Kier alpha value is -0.103. The van der Waals surface area contributed by atoms with Crippen LogP contribution in [0.1, 0.15) is 12.5 Å². The van der Waals surface area contributed by atoms with Crippen molar-refractivity contribution in [3.05, 3.63) is 29.0 Å². The fourth-order valence-corrected chi connectivity index (χ4v) is 6.76. The first-order valence-corrected chi connectivity index (χ1v) is 12.1. The van der Waals surface area contributed by atoms with Gasteiger partial charge in [0.15, 0.2) is 0 Å². The van der Waals surface area contributed by atoms with E-state index in [1.165, 1.54) is 11.6 Å². The van der Waals surface area contributed by atoms with Crippen LogP contribution in [0.4, 0.5) is 0 Å². The minimum absolute atomic E-state index is 0.444. The van der Waals surface area contributed by atoms with Gasteiger partial charge in [-0.15, -0.1) is 0 Å². The monoisotopic (exact) mass is 347 g/mol. The van der Waals surface area contributed by atoms with Gasteiger partial charge in [0.2, 0.25) is 4.38 Å². The molecule has 0 amide bonds. The molecular formula is C14H22ClNOS2Si. The first-order chi connectivity index (χ1) is 9.30. The van der Waals surface area contributed by atoms with Crippen LogP contribution < -0.4 is 0 Å². The van der Waals surface area contributed by atoms with Gasteiger partial charge in [0, 0.05) is 19.5 Å². The summed E-state index contributed by atoms with van der Waals surface area (Å²) in [5.74, 6) is 0. The Bertz CT molecular complexity index is 451. The summed E-state index contributed by atoms with van der Waals surface area (Å²) >= 11 is 12.9. The Balaban J connectivity index is 2.74. The zero-order valence-electron chi connectivity index (χ0n) is 12.5. The van der Waals surface area contributed by atoms with Crippen LogP contribution in [0.15, 0.2) is 18.3 Å². The second-order valence-electron chi connectivity index (χ2n) is 5.88. The lowest BCUT2D eigenvalue weighted by atomic mass is 10.1. The van der Waals surface area contributed by atoms with Gasteiger partial charge >= 0.3 is 0 Å². The van der Waals surface area contributed by atoms with Crippen molar-refractivity contribution < 1.29 is 4.74 Å². The molecule has 0 N–H and O–H groups in total. The van der Waals surface area contributed by atoms with E-state index in [0.717, 1.165) is 6.42 Å². The molecule has 0 spiro atoms. The summed E-state index contributed by atoms with van der Waals surface area (Å²) in [6, 6.07) is 5.15. The molecule has 0 bridgehead atoms. The summed E-state index contributed by atoms with van der Waals surface area (Å²) in [6.07, 6.45) is 2.71. The van der Waals surface area contributed by atoms with Gasteiger partial charge in [-0.25, -0.2) is 4.98 Å². The number of nitrogens with zero attached hydrogens (tertiary/aromatic N) is 1. The quantitative estimate of drug-likeness (QED) is 0.408. The summed E-state index contributed by atoms with van der Waals surface area (Å²) < 4.78 is 6.07. The maximum atomic E-state index is 5.96. The topological polar surface area (TPSA) is 22.1 Å². The van der Waals surface area contributed by atoms with Gasteiger partial charge in [0.1, 0.15) is 5.15 Å². The molecule has 0 fully saturated rings. The molecular weight excluding hydrogens is 326 g/mol. The molecule has 1 aromatic heterocycles. The predicted molar refractivity (Wildman–Crippen MR) is 96.7 cm³/mol. The average Bonchev–Trinajstić information content (AvgIpc) is 2.26. The molecule has 2 nitrogen and oxygen atoms in total. The van der Waals surface area contributed by atoms with Gasteiger partial charge < -0.3 is 4.74 Å². The van der Waals surface area contributed by atoms with Crippen LogP contribution in [0.5, 0.6) is 0 Å². The number of pyridine rings is 1. The number of thiocarbonyl (C=S) groups is 1. The molecule has 0 aliphatic carbocycles. The molecule has 1 atom stereocenters. The van der Waals surface area contributed by atoms with E-state index in [1.807, 2.05) is 19.1 Å². The van der Waals surface area contributed by atoms with E-state index in [0.29, 0.717) is 21.4 Å². The maximum absolute atomic E-state index is 5.96. The Morgan fingerprint density at radius 2 is 2.20 bits per heavy atom. The van der Waals surface area contributed by atoms with E-state index >= 15 is 0 Å². The SMILES string of the molecule is CCOC(=S)SC(Cc1ccnc(Cl)c1)C[Si](C)(C)C. The summed E-state index contributed by atoms with van der Waals surface area (Å²) in [4.78, 5) is 4.03. The molecule has 1 unspecified atom stereocenters. The maximum Gasteiger partial charge on any atom is 0.220 e. The average molecular weight is 348 g/mol. The van der Waals surface area contributed by atoms with Crippen LogP contribution in [0, 0.1) is 0 Å². The minimum Gasteiger partial charge on any atom is -0.479 e. The zero-order valence-corrected chi connectivity index (χ0v) is 15.9. The Kier molecular flexibility index (Phi) is 7.51. The number of thioether (sulfide) groups is 1. The molecule has 0 aromatic carbocycles. The molecule has 0 aliphatic heterocycles. The van der Waals surface area contributed by atoms with Crippen LogP contribution in [-0.2, 0) is 11.2 Å². The van der Waals surface area contributed by atoms with E-state index in [-0.39, 0.29) is 0 Å². The Morgan fingerprint density at radius 3 is 2.75 bits per heavy atom. The molecule has 0 saturated carbocycles. The van der Waals surface area contributed by atoms with Crippen LogP contribution in [0.2, 0.25) is 30.8 Å². The van der Waals surface area contributed by atoms with Gasteiger partial charge in [-0.3, -0.25) is 0 Å². The fraction of sp³-hybridized carbons (Fsp3) is 0.571. The number of hydrogen-bond donors (Lipinski definition) is 0. The largest absolute Gasteiger partial charge is 0.479 e. The van der Waals surface area contributed by atoms with Gasteiger partial charge in [-0.2, -0.15) is 0 Å². The molecule has 20 heavy (non-hydrogen) atoms. The predicted octanol–water partition coefficient (Wildman–Crippen LogP) is 5.04. The summed E-state index contributed by atoms with van der Waals surface area (Å²) in [5, 5.41) is 0.992. The molecule has 0 saturated heterocycles. The summed E-state index contributed by atoms with van der Waals surface area (Å²) in [7, 11) is -1.16. The molecule has 0 radical (unpaired) electrons. The van der Waals surface area contributed by atoms with Gasteiger partial charge in [-0.05, 0) is 49.3 Å². The van der Waals surface area contributed by atoms with Crippen molar-refractivity contribution in [3.63, 3.8) is 0 Å². The van der Waals surface area contributed by atoms with Crippen molar-refractivity contribution in [2.75, 3.05) is 6.61 Å². The third-order valence-corrected chi connectivity index (χ3v) is 6.22. The standard InChI is InChI=1S/C14H22ClNOS2Si/c1-5-17-14(18)19-12(10-20(2,3)4)8-11-6-7-16-13(15)9-11/h6-7,9,12H,5,8,10H2,1-4H3. The van der Waals surface area contributed by atoms with Crippen molar-refractivity contribution in [1.82, 2.24) is 4.98 Å². The summed E-state index contributed by atoms with van der Waals surface area (Å²) in [6.45, 7) is 9.73. The van der Waals surface area contributed by atoms with Crippen molar-refractivity contribution in [1.29, 1.82) is 0 Å². The molecule has 0 aliphatic rings. The van der Waals surface area contributed by atoms with Crippen molar-refractivity contribution in [2.24, 2.45) is 0 Å². The lowest BCUT2D eigenvalue weighted by Crippen LogP contribution is -2.27. The first kappa shape index (κ1) is 17.9. The van der Waals surface area contributed by atoms with E-state index in [1.54, 1.807) is 18.0 Å². The molecule has 6 heteroatoms. The third kappa shape index (κ3) is 7.62. The van der Waals surface area contributed by atoms with E-state index in [2.05, 4.69) is 24.6 Å². The number of halogens is 1. The van der Waals surface area contributed by atoms with Crippen LogP contribution in [0.3, 0.4) is 0 Å². The van der Waals surface area contributed by atoms with Crippen LogP contribution >= 0.6 is 35.6 Å². The molecule has 112 valence electrons. The number of hydrogen-bond acceptors (Lipinski definition) is 4.